The van der Waals surface area contributed by atoms with Crippen LogP contribution in [0.5, 0.6) is 0 Å². The van der Waals surface area contributed by atoms with Crippen LogP contribution in [-0.4, -0.2) is 29.5 Å². The molecule has 23 heavy (non-hydrogen) atoms. The third-order valence-electron chi connectivity index (χ3n) is 4.47. The number of nitrogens with zero attached hydrogens (tertiary/aromatic N) is 1. The van der Waals surface area contributed by atoms with Crippen LogP contribution in [0.3, 0.4) is 0 Å². The summed E-state index contributed by atoms with van der Waals surface area (Å²) in [7, 11) is 1.36. The van der Waals surface area contributed by atoms with Gasteiger partial charge in [0, 0.05) is 5.39 Å². The van der Waals surface area contributed by atoms with Gasteiger partial charge >= 0.3 is 5.97 Å². The van der Waals surface area contributed by atoms with Gasteiger partial charge in [0.25, 0.3) is 5.91 Å². The summed E-state index contributed by atoms with van der Waals surface area (Å²) in [5.74, 6) is -0.700. The molecule has 1 heterocycles. The van der Waals surface area contributed by atoms with Crippen molar-refractivity contribution in [2.75, 3.05) is 7.11 Å². The molecule has 1 aliphatic rings. The number of ether oxygens (including phenoxy) is 1. The highest BCUT2D eigenvalue weighted by atomic mass is 16.5. The summed E-state index contributed by atoms with van der Waals surface area (Å²) in [6.45, 7) is 0. The predicted octanol–water partition coefficient (Wildman–Crippen LogP) is 2.84. The zero-order chi connectivity index (χ0) is 16.3. The van der Waals surface area contributed by atoms with E-state index in [0.29, 0.717) is 18.5 Å². The molecule has 0 unspecified atom stereocenters. The van der Waals surface area contributed by atoms with Gasteiger partial charge in [-0.15, -0.1) is 0 Å². The SMILES string of the molecule is COC(=O)C1(NC(=O)c2ccc3ccccc3n2)CCCCC1. The van der Waals surface area contributed by atoms with Crippen LogP contribution >= 0.6 is 0 Å². The lowest BCUT2D eigenvalue weighted by Gasteiger charge is -2.35. The number of hydrogen-bond donors (Lipinski definition) is 1. The Hall–Kier alpha value is -2.43. The number of carbonyl (C=O) groups excluding carboxylic acids is 2. The third kappa shape index (κ3) is 3.04. The molecule has 0 bridgehead atoms. The Morgan fingerprint density at radius 2 is 1.83 bits per heavy atom. The first-order valence-corrected chi connectivity index (χ1v) is 7.91. The average molecular weight is 312 g/mol. The van der Waals surface area contributed by atoms with Crippen LogP contribution in [0, 0.1) is 0 Å². The number of esters is 1. The molecule has 1 saturated carbocycles. The zero-order valence-electron chi connectivity index (χ0n) is 13.2. The Bertz CT molecular complexity index is 736. The fourth-order valence-corrected chi connectivity index (χ4v) is 3.20. The summed E-state index contributed by atoms with van der Waals surface area (Å²) in [6, 6.07) is 11.2. The Kier molecular flexibility index (Phi) is 4.28. The Balaban J connectivity index is 1.86. The molecule has 3 rings (SSSR count). The molecule has 0 radical (unpaired) electrons. The van der Waals surface area contributed by atoms with E-state index in [1.165, 1.54) is 7.11 Å². The van der Waals surface area contributed by atoms with Gasteiger partial charge in [-0.25, -0.2) is 9.78 Å². The van der Waals surface area contributed by atoms with Crippen LogP contribution in [0.2, 0.25) is 0 Å². The molecule has 120 valence electrons. The molecule has 1 aliphatic carbocycles. The number of benzene rings is 1. The first-order valence-electron chi connectivity index (χ1n) is 7.91. The van der Waals surface area contributed by atoms with Crippen molar-refractivity contribution in [2.24, 2.45) is 0 Å². The highest BCUT2D eigenvalue weighted by molar-refractivity contribution is 5.98. The highest BCUT2D eigenvalue weighted by Gasteiger charge is 2.42. The molecular formula is C18H20N2O3. The molecule has 5 nitrogen and oxygen atoms in total. The number of rotatable bonds is 3. The predicted molar refractivity (Wildman–Crippen MR) is 87.0 cm³/mol. The Morgan fingerprint density at radius 3 is 2.57 bits per heavy atom. The quantitative estimate of drug-likeness (QED) is 0.885. The van der Waals surface area contributed by atoms with Crippen molar-refractivity contribution in [2.45, 2.75) is 37.6 Å². The summed E-state index contributed by atoms with van der Waals surface area (Å²) in [6.07, 6.45) is 4.10. The number of hydrogen-bond acceptors (Lipinski definition) is 4. The minimum absolute atomic E-state index is 0.317. The van der Waals surface area contributed by atoms with Crippen molar-refractivity contribution in [1.82, 2.24) is 10.3 Å². The van der Waals surface area contributed by atoms with E-state index >= 15 is 0 Å². The van der Waals surface area contributed by atoms with Gasteiger partial charge in [0.15, 0.2) is 0 Å². The minimum Gasteiger partial charge on any atom is -0.467 e. The van der Waals surface area contributed by atoms with Crippen LogP contribution in [0.15, 0.2) is 36.4 Å². The minimum atomic E-state index is -0.919. The van der Waals surface area contributed by atoms with Crippen molar-refractivity contribution in [3.05, 3.63) is 42.1 Å². The van der Waals surface area contributed by atoms with E-state index in [1.807, 2.05) is 30.3 Å². The Morgan fingerprint density at radius 1 is 1.09 bits per heavy atom. The van der Waals surface area contributed by atoms with Gasteiger partial charge in [-0.1, -0.05) is 43.5 Å². The summed E-state index contributed by atoms with van der Waals surface area (Å²) >= 11 is 0. The largest absolute Gasteiger partial charge is 0.467 e. The normalized spacial score (nSPS) is 16.7. The second kappa shape index (κ2) is 6.36. The lowest BCUT2D eigenvalue weighted by Crippen LogP contribution is -2.56. The lowest BCUT2D eigenvalue weighted by molar-refractivity contribution is -0.149. The number of amides is 1. The van der Waals surface area contributed by atoms with Crippen molar-refractivity contribution >= 4 is 22.8 Å². The van der Waals surface area contributed by atoms with Gasteiger partial charge in [-0.3, -0.25) is 4.79 Å². The first kappa shape index (κ1) is 15.5. The molecule has 1 amide bonds. The second-order valence-corrected chi connectivity index (χ2v) is 5.98. The van der Waals surface area contributed by atoms with Crippen LogP contribution in [0.4, 0.5) is 0 Å². The maximum atomic E-state index is 12.6. The van der Waals surface area contributed by atoms with Crippen LogP contribution in [0.25, 0.3) is 10.9 Å². The zero-order valence-corrected chi connectivity index (χ0v) is 13.2. The van der Waals surface area contributed by atoms with E-state index in [0.717, 1.165) is 30.2 Å². The summed E-state index contributed by atoms with van der Waals surface area (Å²) in [4.78, 5) is 29.2. The van der Waals surface area contributed by atoms with E-state index in [4.69, 9.17) is 4.74 Å². The summed E-state index contributed by atoms with van der Waals surface area (Å²) in [5.41, 5.74) is 0.158. The molecule has 1 fully saturated rings. The van der Waals surface area contributed by atoms with Gasteiger partial charge in [0.05, 0.1) is 12.6 Å². The molecule has 1 N–H and O–H groups in total. The maximum Gasteiger partial charge on any atom is 0.331 e. The van der Waals surface area contributed by atoms with Crippen LogP contribution in [-0.2, 0) is 9.53 Å². The fourth-order valence-electron chi connectivity index (χ4n) is 3.20. The number of carbonyl (C=O) groups is 2. The molecule has 0 spiro atoms. The van der Waals surface area contributed by atoms with Crippen LogP contribution in [0.1, 0.15) is 42.6 Å². The molecule has 0 saturated heterocycles. The monoisotopic (exact) mass is 312 g/mol. The molecule has 2 aromatic rings. The standard InChI is InChI=1S/C18H20N2O3/c1-23-17(22)18(11-5-2-6-12-18)20-16(21)15-10-9-13-7-3-4-8-14(13)19-15/h3-4,7-10H,2,5-6,11-12H2,1H3,(H,20,21). The number of aromatic nitrogens is 1. The smallest absolute Gasteiger partial charge is 0.331 e. The van der Waals surface area contributed by atoms with Crippen molar-refractivity contribution in [1.29, 1.82) is 0 Å². The Labute approximate surface area is 135 Å². The fraction of sp³-hybridized carbons (Fsp3) is 0.389. The van der Waals surface area contributed by atoms with Gasteiger partial charge in [0.2, 0.25) is 0 Å². The number of pyridine rings is 1. The van der Waals surface area contributed by atoms with Gasteiger partial charge in [-0.05, 0) is 25.0 Å². The van der Waals surface area contributed by atoms with Gasteiger partial charge in [-0.2, -0.15) is 0 Å². The topological polar surface area (TPSA) is 68.3 Å². The van der Waals surface area contributed by atoms with Gasteiger partial charge < -0.3 is 10.1 Å². The maximum absolute atomic E-state index is 12.6. The third-order valence-corrected chi connectivity index (χ3v) is 4.47. The van der Waals surface area contributed by atoms with Crippen molar-refractivity contribution in [3.63, 3.8) is 0 Å². The molecule has 1 aromatic heterocycles. The number of para-hydroxylation sites is 1. The molecule has 0 atom stereocenters. The second-order valence-electron chi connectivity index (χ2n) is 5.98. The van der Waals surface area contributed by atoms with Crippen molar-refractivity contribution in [3.8, 4) is 0 Å². The lowest BCUT2D eigenvalue weighted by atomic mass is 9.81. The van der Waals surface area contributed by atoms with E-state index in [9.17, 15) is 9.59 Å². The molecule has 5 heteroatoms. The average Bonchev–Trinajstić information content (AvgIpc) is 2.61. The first-order chi connectivity index (χ1) is 11.1. The number of methoxy groups -OCH3 is 1. The molecular weight excluding hydrogens is 292 g/mol. The molecule has 1 aromatic carbocycles. The van der Waals surface area contributed by atoms with E-state index in [1.54, 1.807) is 6.07 Å². The van der Waals surface area contributed by atoms with E-state index in [-0.39, 0.29) is 11.9 Å². The van der Waals surface area contributed by atoms with Crippen molar-refractivity contribution < 1.29 is 14.3 Å². The summed E-state index contributed by atoms with van der Waals surface area (Å²) in [5, 5.41) is 3.86. The van der Waals surface area contributed by atoms with E-state index < -0.39 is 5.54 Å². The number of fused-ring (bicyclic) bond motifs is 1. The number of nitrogens with one attached hydrogen (secondary N) is 1. The van der Waals surface area contributed by atoms with Gasteiger partial charge in [0.1, 0.15) is 11.2 Å². The highest BCUT2D eigenvalue weighted by Crippen LogP contribution is 2.29. The summed E-state index contributed by atoms with van der Waals surface area (Å²) < 4.78 is 4.93. The van der Waals surface area contributed by atoms with Crippen LogP contribution < -0.4 is 5.32 Å². The molecule has 0 aliphatic heterocycles. The van der Waals surface area contributed by atoms with E-state index in [2.05, 4.69) is 10.3 Å².